The van der Waals surface area contributed by atoms with Crippen molar-refractivity contribution in [1.29, 1.82) is 0 Å². The van der Waals surface area contributed by atoms with Crippen LogP contribution in [0.3, 0.4) is 0 Å². The molecule has 0 spiro atoms. The molecule has 0 aliphatic carbocycles. The fraction of sp³-hybridized carbons (Fsp3) is 0.250. The predicted octanol–water partition coefficient (Wildman–Crippen LogP) is 2.90. The van der Waals surface area contributed by atoms with Gasteiger partial charge in [0.2, 0.25) is 0 Å². The van der Waals surface area contributed by atoms with Gasteiger partial charge in [-0.25, -0.2) is 9.97 Å². The molecule has 2 heterocycles. The van der Waals surface area contributed by atoms with Gasteiger partial charge in [-0.3, -0.25) is 4.79 Å². The highest BCUT2D eigenvalue weighted by atomic mass is 35.5. The Bertz CT molecular complexity index is 590. The summed E-state index contributed by atoms with van der Waals surface area (Å²) in [5.74, 6) is 1.41. The highest BCUT2D eigenvalue weighted by Crippen LogP contribution is 2.21. The lowest BCUT2D eigenvalue weighted by Crippen LogP contribution is -2.14. The standard InChI is InChI=1S/C12H12ClN3O2/c1-6-7(2)18-8(3)11(6)12(17)16-10-5-14-9(13)4-15-10/h4-5H,1-3H3,(H,15,16,17). The molecular formula is C12H12ClN3O2. The number of furan rings is 1. The van der Waals surface area contributed by atoms with Crippen LogP contribution in [-0.2, 0) is 0 Å². The minimum absolute atomic E-state index is 0.265. The zero-order chi connectivity index (χ0) is 13.3. The van der Waals surface area contributed by atoms with E-state index in [0.29, 0.717) is 17.1 Å². The van der Waals surface area contributed by atoms with E-state index >= 15 is 0 Å². The first-order chi connectivity index (χ1) is 8.49. The number of nitrogens with zero attached hydrogens (tertiary/aromatic N) is 2. The van der Waals surface area contributed by atoms with Gasteiger partial charge in [0.1, 0.15) is 16.7 Å². The van der Waals surface area contributed by atoms with Crippen molar-refractivity contribution >= 4 is 23.3 Å². The molecule has 0 unspecified atom stereocenters. The van der Waals surface area contributed by atoms with E-state index in [1.165, 1.54) is 12.4 Å². The van der Waals surface area contributed by atoms with E-state index in [0.717, 1.165) is 11.3 Å². The number of aromatic nitrogens is 2. The topological polar surface area (TPSA) is 68.0 Å². The van der Waals surface area contributed by atoms with E-state index in [2.05, 4.69) is 15.3 Å². The highest BCUT2D eigenvalue weighted by molar-refractivity contribution is 6.29. The molecule has 0 atom stereocenters. The van der Waals surface area contributed by atoms with Gasteiger partial charge in [-0.05, 0) is 20.8 Å². The lowest BCUT2D eigenvalue weighted by molar-refractivity contribution is 0.102. The van der Waals surface area contributed by atoms with E-state index in [4.69, 9.17) is 16.0 Å². The maximum atomic E-state index is 12.1. The van der Waals surface area contributed by atoms with E-state index in [-0.39, 0.29) is 11.1 Å². The van der Waals surface area contributed by atoms with Gasteiger partial charge >= 0.3 is 0 Å². The van der Waals surface area contributed by atoms with Crippen LogP contribution in [0, 0.1) is 20.8 Å². The van der Waals surface area contributed by atoms with Gasteiger partial charge in [0.05, 0.1) is 18.0 Å². The number of aryl methyl sites for hydroxylation is 2. The maximum absolute atomic E-state index is 12.1. The summed E-state index contributed by atoms with van der Waals surface area (Å²) in [6.45, 7) is 5.41. The van der Waals surface area contributed by atoms with Crippen LogP contribution in [0.15, 0.2) is 16.8 Å². The Kier molecular flexibility index (Phi) is 3.34. The minimum Gasteiger partial charge on any atom is -0.466 e. The van der Waals surface area contributed by atoms with Crippen LogP contribution in [0.25, 0.3) is 0 Å². The molecule has 6 heteroatoms. The second kappa shape index (κ2) is 4.78. The average molecular weight is 266 g/mol. The summed E-state index contributed by atoms with van der Waals surface area (Å²) in [5, 5.41) is 2.93. The molecule has 0 aliphatic rings. The van der Waals surface area contributed by atoms with Crippen molar-refractivity contribution in [2.24, 2.45) is 0 Å². The average Bonchev–Trinajstić information content (AvgIpc) is 2.56. The number of rotatable bonds is 2. The van der Waals surface area contributed by atoms with Crippen LogP contribution in [0.5, 0.6) is 0 Å². The van der Waals surface area contributed by atoms with Crippen LogP contribution in [0.2, 0.25) is 5.15 Å². The molecule has 0 saturated heterocycles. The lowest BCUT2D eigenvalue weighted by atomic mass is 10.1. The van der Waals surface area contributed by atoms with E-state index in [1.807, 2.05) is 13.8 Å². The van der Waals surface area contributed by atoms with Gasteiger partial charge < -0.3 is 9.73 Å². The first-order valence-corrected chi connectivity index (χ1v) is 5.72. The quantitative estimate of drug-likeness (QED) is 0.906. The third-order valence-corrected chi connectivity index (χ3v) is 2.85. The van der Waals surface area contributed by atoms with Gasteiger partial charge in [-0.15, -0.1) is 0 Å². The molecule has 0 fully saturated rings. The normalized spacial score (nSPS) is 10.4. The smallest absolute Gasteiger partial charge is 0.260 e. The van der Waals surface area contributed by atoms with Crippen LogP contribution in [0.4, 0.5) is 5.82 Å². The summed E-state index contributed by atoms with van der Waals surface area (Å²) in [5.41, 5.74) is 1.36. The molecule has 0 bridgehead atoms. The predicted molar refractivity (Wildman–Crippen MR) is 67.9 cm³/mol. The summed E-state index contributed by atoms with van der Waals surface area (Å²) >= 11 is 5.62. The zero-order valence-corrected chi connectivity index (χ0v) is 11.0. The number of nitrogens with one attached hydrogen (secondary N) is 1. The largest absolute Gasteiger partial charge is 0.466 e. The van der Waals surface area contributed by atoms with Gasteiger partial charge in [0.25, 0.3) is 5.91 Å². The molecule has 5 nitrogen and oxygen atoms in total. The SMILES string of the molecule is Cc1oc(C)c(C(=O)Nc2cnc(Cl)cn2)c1C. The third kappa shape index (κ3) is 2.36. The molecule has 2 aromatic rings. The number of carbonyl (C=O) groups is 1. The first-order valence-electron chi connectivity index (χ1n) is 5.34. The Morgan fingerprint density at radius 3 is 2.44 bits per heavy atom. The monoisotopic (exact) mass is 265 g/mol. The molecule has 2 aromatic heterocycles. The number of carbonyl (C=O) groups excluding carboxylic acids is 1. The molecule has 1 amide bonds. The maximum Gasteiger partial charge on any atom is 0.260 e. The Balaban J connectivity index is 2.24. The molecule has 94 valence electrons. The lowest BCUT2D eigenvalue weighted by Gasteiger charge is -2.03. The summed E-state index contributed by atoms with van der Waals surface area (Å²) in [6, 6.07) is 0. The Hall–Kier alpha value is -1.88. The van der Waals surface area contributed by atoms with E-state index < -0.39 is 0 Å². The molecule has 0 radical (unpaired) electrons. The number of hydrogen-bond acceptors (Lipinski definition) is 4. The number of hydrogen-bond donors (Lipinski definition) is 1. The van der Waals surface area contributed by atoms with Gasteiger partial charge in [-0.1, -0.05) is 11.6 Å². The van der Waals surface area contributed by atoms with E-state index in [9.17, 15) is 4.79 Å². The summed E-state index contributed by atoms with van der Waals surface area (Å²) in [7, 11) is 0. The molecule has 1 N–H and O–H groups in total. The Labute approximate surface area is 109 Å². The van der Waals surface area contributed by atoms with E-state index in [1.54, 1.807) is 6.92 Å². The van der Waals surface area contributed by atoms with Crippen molar-refractivity contribution < 1.29 is 9.21 Å². The van der Waals surface area contributed by atoms with Gasteiger partial charge in [0.15, 0.2) is 5.82 Å². The molecule has 18 heavy (non-hydrogen) atoms. The summed E-state index contributed by atoms with van der Waals surface area (Å²) in [4.78, 5) is 19.9. The number of amides is 1. The highest BCUT2D eigenvalue weighted by Gasteiger charge is 2.18. The van der Waals surface area contributed by atoms with Crippen LogP contribution < -0.4 is 5.32 Å². The summed E-state index contributed by atoms with van der Waals surface area (Å²) in [6.07, 6.45) is 2.77. The fourth-order valence-corrected chi connectivity index (χ4v) is 1.78. The second-order valence-corrected chi connectivity index (χ2v) is 4.28. The Morgan fingerprint density at radius 1 is 1.22 bits per heavy atom. The third-order valence-electron chi connectivity index (χ3n) is 2.65. The zero-order valence-electron chi connectivity index (χ0n) is 10.2. The van der Waals surface area contributed by atoms with Crippen molar-refractivity contribution in [2.75, 3.05) is 5.32 Å². The van der Waals surface area contributed by atoms with Crippen molar-refractivity contribution in [1.82, 2.24) is 9.97 Å². The summed E-state index contributed by atoms with van der Waals surface area (Å²) < 4.78 is 5.41. The number of halogens is 1. The van der Waals surface area contributed by atoms with Crippen molar-refractivity contribution in [3.63, 3.8) is 0 Å². The molecule has 0 aliphatic heterocycles. The first kappa shape index (κ1) is 12.6. The second-order valence-electron chi connectivity index (χ2n) is 3.89. The van der Waals surface area contributed by atoms with Crippen molar-refractivity contribution in [2.45, 2.75) is 20.8 Å². The van der Waals surface area contributed by atoms with Crippen LogP contribution in [-0.4, -0.2) is 15.9 Å². The minimum atomic E-state index is -0.265. The van der Waals surface area contributed by atoms with Gasteiger partial charge in [0, 0.05) is 5.56 Å². The molecular weight excluding hydrogens is 254 g/mol. The molecule has 0 saturated carbocycles. The van der Waals surface area contributed by atoms with Crippen LogP contribution >= 0.6 is 11.6 Å². The fourth-order valence-electron chi connectivity index (χ4n) is 1.68. The number of anilines is 1. The van der Waals surface area contributed by atoms with Crippen LogP contribution in [0.1, 0.15) is 27.4 Å². The molecule has 2 rings (SSSR count). The van der Waals surface area contributed by atoms with Gasteiger partial charge in [-0.2, -0.15) is 0 Å². The van der Waals surface area contributed by atoms with Crippen molar-refractivity contribution in [3.05, 3.63) is 40.2 Å². The molecule has 0 aromatic carbocycles. The Morgan fingerprint density at radius 2 is 1.94 bits per heavy atom. The van der Waals surface area contributed by atoms with Crippen molar-refractivity contribution in [3.8, 4) is 0 Å².